The number of carbonyl (C=O) groups is 1. The van der Waals surface area contributed by atoms with Crippen LogP contribution >= 0.6 is 11.6 Å². The van der Waals surface area contributed by atoms with E-state index in [4.69, 9.17) is 11.6 Å². The molecule has 4 saturated carbocycles. The Hall–Kier alpha value is -0.240. The lowest BCUT2D eigenvalue weighted by Gasteiger charge is -2.56. The summed E-state index contributed by atoms with van der Waals surface area (Å²) in [5.74, 6) is 3.73. The van der Waals surface area contributed by atoms with Gasteiger partial charge in [0.25, 0.3) is 0 Å². The summed E-state index contributed by atoms with van der Waals surface area (Å²) in [5, 5.41) is 0. The first kappa shape index (κ1) is 10.9. The number of rotatable bonds is 2. The highest BCUT2D eigenvalue weighted by Crippen LogP contribution is 2.54. The Morgan fingerprint density at radius 3 is 2.06 bits per heavy atom. The van der Waals surface area contributed by atoms with Gasteiger partial charge in [-0.1, -0.05) is 0 Å². The number of hydrogen-bond donors (Lipinski definition) is 0. The zero-order chi connectivity index (χ0) is 11.3. The summed E-state index contributed by atoms with van der Waals surface area (Å²) >= 11 is 5.67. The van der Waals surface area contributed by atoms with E-state index in [2.05, 4.69) is 0 Å². The first-order chi connectivity index (χ1) is 7.69. The molecule has 4 aliphatic carbocycles. The monoisotopic (exact) mass is 241 g/mol. The van der Waals surface area contributed by atoms with Crippen LogP contribution in [-0.4, -0.2) is 29.8 Å². The Morgan fingerprint density at radius 2 is 1.62 bits per heavy atom. The standard InChI is InChI=1S/C13H20ClNO/c1-15(12(16)7-14)13-10-3-8-2-9(5-10)6-11(13)4-8/h8-11,13H,2-7H2,1H3. The lowest BCUT2D eigenvalue weighted by atomic mass is 9.54. The highest BCUT2D eigenvalue weighted by atomic mass is 35.5. The second-order valence-electron chi connectivity index (χ2n) is 6.06. The maximum Gasteiger partial charge on any atom is 0.237 e. The van der Waals surface area contributed by atoms with Crippen molar-refractivity contribution in [1.29, 1.82) is 0 Å². The SMILES string of the molecule is CN(C(=O)CCl)C1C2CC3CC(C2)CC1C3. The van der Waals surface area contributed by atoms with E-state index in [1.165, 1.54) is 32.1 Å². The molecule has 0 atom stereocenters. The highest BCUT2D eigenvalue weighted by molar-refractivity contribution is 6.27. The first-order valence-electron chi connectivity index (χ1n) is 6.50. The molecular formula is C13H20ClNO. The number of halogens is 1. The third-order valence-electron chi connectivity index (χ3n) is 5.13. The van der Waals surface area contributed by atoms with Gasteiger partial charge in [-0.15, -0.1) is 11.6 Å². The molecule has 16 heavy (non-hydrogen) atoms. The molecule has 4 aliphatic rings. The van der Waals surface area contributed by atoms with Gasteiger partial charge in [0.15, 0.2) is 0 Å². The maximum atomic E-state index is 11.7. The summed E-state index contributed by atoms with van der Waals surface area (Å²) in [6.45, 7) is 0. The minimum atomic E-state index is 0.110. The van der Waals surface area contributed by atoms with Crippen LogP contribution in [0.3, 0.4) is 0 Å². The number of hydrogen-bond acceptors (Lipinski definition) is 1. The number of nitrogens with zero attached hydrogens (tertiary/aromatic N) is 1. The molecule has 0 saturated heterocycles. The van der Waals surface area contributed by atoms with Gasteiger partial charge in [0.1, 0.15) is 5.88 Å². The predicted octanol–water partition coefficient (Wildman–Crippen LogP) is 2.51. The van der Waals surface area contributed by atoms with Crippen LogP contribution in [0, 0.1) is 23.7 Å². The minimum absolute atomic E-state index is 0.110. The molecule has 0 spiro atoms. The van der Waals surface area contributed by atoms with Gasteiger partial charge in [-0.2, -0.15) is 0 Å². The normalized spacial score (nSPS) is 44.8. The van der Waals surface area contributed by atoms with Gasteiger partial charge in [0, 0.05) is 13.1 Å². The molecule has 2 nitrogen and oxygen atoms in total. The fourth-order valence-corrected chi connectivity index (χ4v) is 4.98. The Balaban J connectivity index is 1.78. The molecule has 0 unspecified atom stereocenters. The van der Waals surface area contributed by atoms with Crippen molar-refractivity contribution in [3.8, 4) is 0 Å². The van der Waals surface area contributed by atoms with Gasteiger partial charge in [0.2, 0.25) is 5.91 Å². The zero-order valence-corrected chi connectivity index (χ0v) is 10.6. The Labute approximate surface area is 102 Å². The van der Waals surface area contributed by atoms with E-state index in [0.717, 1.165) is 23.7 Å². The van der Waals surface area contributed by atoms with E-state index < -0.39 is 0 Å². The predicted molar refractivity (Wildman–Crippen MR) is 64.3 cm³/mol. The summed E-state index contributed by atoms with van der Waals surface area (Å²) in [6.07, 6.45) is 6.90. The molecule has 3 heteroatoms. The summed E-state index contributed by atoms with van der Waals surface area (Å²) in [6, 6.07) is 0.499. The molecule has 0 radical (unpaired) electrons. The molecule has 0 N–H and O–H groups in total. The number of carbonyl (C=O) groups excluding carboxylic acids is 1. The van der Waals surface area contributed by atoms with Crippen LogP contribution in [-0.2, 0) is 4.79 Å². The van der Waals surface area contributed by atoms with E-state index in [9.17, 15) is 4.79 Å². The summed E-state index contributed by atoms with van der Waals surface area (Å²) in [4.78, 5) is 13.7. The van der Waals surface area contributed by atoms with Crippen molar-refractivity contribution in [2.45, 2.75) is 38.1 Å². The lowest BCUT2D eigenvalue weighted by molar-refractivity contribution is -0.138. The van der Waals surface area contributed by atoms with Gasteiger partial charge in [-0.25, -0.2) is 0 Å². The van der Waals surface area contributed by atoms with Crippen LogP contribution in [0.25, 0.3) is 0 Å². The molecule has 0 aromatic heterocycles. The maximum absolute atomic E-state index is 11.7. The van der Waals surface area contributed by atoms with Crippen LogP contribution in [0.4, 0.5) is 0 Å². The third kappa shape index (κ3) is 1.57. The van der Waals surface area contributed by atoms with Gasteiger partial charge in [-0.05, 0) is 55.8 Å². The average molecular weight is 242 g/mol. The van der Waals surface area contributed by atoms with Gasteiger partial charge in [0.05, 0.1) is 0 Å². The average Bonchev–Trinajstić information content (AvgIpc) is 2.26. The van der Waals surface area contributed by atoms with Crippen molar-refractivity contribution in [2.75, 3.05) is 12.9 Å². The van der Waals surface area contributed by atoms with Gasteiger partial charge in [-0.3, -0.25) is 4.79 Å². The molecule has 90 valence electrons. The quantitative estimate of drug-likeness (QED) is 0.681. The van der Waals surface area contributed by atoms with Crippen molar-refractivity contribution < 1.29 is 4.79 Å². The molecule has 0 aromatic carbocycles. The van der Waals surface area contributed by atoms with Gasteiger partial charge >= 0.3 is 0 Å². The Morgan fingerprint density at radius 1 is 1.12 bits per heavy atom. The second kappa shape index (κ2) is 3.90. The van der Waals surface area contributed by atoms with Crippen molar-refractivity contribution in [3.05, 3.63) is 0 Å². The summed E-state index contributed by atoms with van der Waals surface area (Å²) in [5.41, 5.74) is 0. The smallest absolute Gasteiger partial charge is 0.237 e. The largest absolute Gasteiger partial charge is 0.341 e. The topological polar surface area (TPSA) is 20.3 Å². The second-order valence-corrected chi connectivity index (χ2v) is 6.33. The minimum Gasteiger partial charge on any atom is -0.341 e. The Kier molecular flexibility index (Phi) is 2.66. The fraction of sp³-hybridized carbons (Fsp3) is 0.923. The van der Waals surface area contributed by atoms with E-state index >= 15 is 0 Å². The molecule has 4 bridgehead atoms. The lowest BCUT2D eigenvalue weighted by Crippen LogP contribution is -2.56. The molecule has 0 heterocycles. The van der Waals surface area contributed by atoms with Gasteiger partial charge < -0.3 is 4.90 Å². The summed E-state index contributed by atoms with van der Waals surface area (Å²) < 4.78 is 0. The van der Waals surface area contributed by atoms with Crippen LogP contribution in [0.2, 0.25) is 0 Å². The molecule has 4 fully saturated rings. The van der Waals surface area contributed by atoms with E-state index in [0.29, 0.717) is 6.04 Å². The van der Waals surface area contributed by atoms with E-state index in [1.54, 1.807) is 0 Å². The summed E-state index contributed by atoms with van der Waals surface area (Å²) in [7, 11) is 1.96. The Bertz CT molecular complexity index is 276. The third-order valence-corrected chi connectivity index (χ3v) is 5.36. The van der Waals surface area contributed by atoms with E-state index in [1.807, 2.05) is 11.9 Å². The van der Waals surface area contributed by atoms with E-state index in [-0.39, 0.29) is 11.8 Å². The molecule has 4 rings (SSSR count). The highest BCUT2D eigenvalue weighted by Gasteiger charge is 2.50. The van der Waals surface area contributed by atoms with Crippen LogP contribution < -0.4 is 0 Å². The van der Waals surface area contributed by atoms with Crippen molar-refractivity contribution >= 4 is 17.5 Å². The van der Waals surface area contributed by atoms with Crippen LogP contribution in [0.1, 0.15) is 32.1 Å². The van der Waals surface area contributed by atoms with Crippen LogP contribution in [0.5, 0.6) is 0 Å². The first-order valence-corrected chi connectivity index (χ1v) is 7.04. The van der Waals surface area contributed by atoms with Crippen LogP contribution in [0.15, 0.2) is 0 Å². The van der Waals surface area contributed by atoms with Crippen molar-refractivity contribution in [3.63, 3.8) is 0 Å². The molecular weight excluding hydrogens is 222 g/mol. The number of amides is 1. The van der Waals surface area contributed by atoms with Crippen molar-refractivity contribution in [2.24, 2.45) is 23.7 Å². The molecule has 1 amide bonds. The zero-order valence-electron chi connectivity index (χ0n) is 9.86. The fourth-order valence-electron chi connectivity index (χ4n) is 4.79. The molecule has 0 aromatic rings. The molecule has 0 aliphatic heterocycles. The number of alkyl halides is 1. The van der Waals surface area contributed by atoms with Crippen molar-refractivity contribution in [1.82, 2.24) is 4.90 Å².